The van der Waals surface area contributed by atoms with Gasteiger partial charge in [-0.2, -0.15) is 5.10 Å². The fourth-order valence-corrected chi connectivity index (χ4v) is 2.19. The molecule has 0 unspecified atom stereocenters. The topological polar surface area (TPSA) is 46.9 Å². The molecule has 0 saturated heterocycles. The van der Waals surface area contributed by atoms with Gasteiger partial charge >= 0.3 is 0 Å². The van der Waals surface area contributed by atoms with E-state index in [9.17, 15) is 4.79 Å². The van der Waals surface area contributed by atoms with Gasteiger partial charge in [-0.1, -0.05) is 18.1 Å². The minimum Gasteiger partial charge on any atom is -0.341 e. The summed E-state index contributed by atoms with van der Waals surface area (Å²) in [6, 6.07) is 10.1. The Morgan fingerprint density at radius 3 is 2.76 bits per heavy atom. The second-order valence-corrected chi connectivity index (χ2v) is 5.18. The SMILES string of the molecule is CC#CC(=O)NCc1ccc(-n2ccc(C3CC3)n2)cc1. The molecule has 1 aliphatic carbocycles. The van der Waals surface area contributed by atoms with Gasteiger partial charge in [-0.15, -0.1) is 0 Å². The van der Waals surface area contributed by atoms with Crippen LogP contribution < -0.4 is 5.32 Å². The van der Waals surface area contributed by atoms with Crippen molar-refractivity contribution in [1.82, 2.24) is 15.1 Å². The molecule has 0 aliphatic heterocycles. The van der Waals surface area contributed by atoms with Crippen LogP contribution in [0.5, 0.6) is 0 Å². The number of hydrogen-bond acceptors (Lipinski definition) is 2. The van der Waals surface area contributed by atoms with Crippen molar-refractivity contribution >= 4 is 5.91 Å². The molecule has 1 saturated carbocycles. The van der Waals surface area contributed by atoms with E-state index >= 15 is 0 Å². The lowest BCUT2D eigenvalue weighted by molar-refractivity contribution is -0.115. The fraction of sp³-hybridized carbons (Fsp3) is 0.294. The number of rotatable bonds is 4. The Kier molecular flexibility index (Phi) is 3.74. The van der Waals surface area contributed by atoms with Crippen LogP contribution in [0, 0.1) is 11.8 Å². The summed E-state index contributed by atoms with van der Waals surface area (Å²) in [6.45, 7) is 2.13. The third kappa shape index (κ3) is 3.32. The van der Waals surface area contributed by atoms with Crippen molar-refractivity contribution in [1.29, 1.82) is 0 Å². The molecule has 0 atom stereocenters. The van der Waals surface area contributed by atoms with Gasteiger partial charge in [0.1, 0.15) is 0 Å². The maximum Gasteiger partial charge on any atom is 0.296 e. The highest BCUT2D eigenvalue weighted by Crippen LogP contribution is 2.38. The molecule has 4 heteroatoms. The molecule has 1 N–H and O–H groups in total. The van der Waals surface area contributed by atoms with Crippen LogP contribution in [-0.2, 0) is 11.3 Å². The maximum absolute atomic E-state index is 11.3. The molecule has 1 aliphatic rings. The Labute approximate surface area is 124 Å². The molecule has 106 valence electrons. The largest absolute Gasteiger partial charge is 0.341 e. The van der Waals surface area contributed by atoms with Gasteiger partial charge in [0.25, 0.3) is 5.91 Å². The van der Waals surface area contributed by atoms with Gasteiger partial charge in [-0.3, -0.25) is 4.79 Å². The number of hydrogen-bond donors (Lipinski definition) is 1. The van der Waals surface area contributed by atoms with Gasteiger partial charge in [0, 0.05) is 18.7 Å². The monoisotopic (exact) mass is 279 g/mol. The number of carbonyl (C=O) groups is 1. The van der Waals surface area contributed by atoms with Crippen LogP contribution in [0.4, 0.5) is 0 Å². The molecule has 0 radical (unpaired) electrons. The normalized spacial score (nSPS) is 13.4. The third-order valence-electron chi connectivity index (χ3n) is 3.50. The van der Waals surface area contributed by atoms with Gasteiger partial charge in [0.05, 0.1) is 11.4 Å². The molecule has 3 rings (SSSR count). The Morgan fingerprint density at radius 2 is 2.10 bits per heavy atom. The number of nitrogens with one attached hydrogen (secondary N) is 1. The van der Waals surface area contributed by atoms with E-state index in [1.807, 2.05) is 35.1 Å². The van der Waals surface area contributed by atoms with Crippen molar-refractivity contribution in [2.24, 2.45) is 0 Å². The zero-order valence-electron chi connectivity index (χ0n) is 12.0. The van der Waals surface area contributed by atoms with Crippen molar-refractivity contribution in [3.63, 3.8) is 0 Å². The average molecular weight is 279 g/mol. The molecule has 1 fully saturated rings. The quantitative estimate of drug-likeness (QED) is 0.874. The van der Waals surface area contributed by atoms with Gasteiger partial charge in [-0.25, -0.2) is 4.68 Å². The lowest BCUT2D eigenvalue weighted by Crippen LogP contribution is -2.20. The number of amides is 1. The van der Waals surface area contributed by atoms with Gasteiger partial charge < -0.3 is 5.32 Å². The average Bonchev–Trinajstić information content (AvgIpc) is 3.24. The van der Waals surface area contributed by atoms with Crippen molar-refractivity contribution in [3.05, 3.63) is 47.8 Å². The Balaban J connectivity index is 1.65. The van der Waals surface area contributed by atoms with Gasteiger partial charge in [-0.05, 0) is 49.4 Å². The molecular formula is C17H17N3O. The molecular weight excluding hydrogens is 262 g/mol. The van der Waals surface area contributed by atoms with E-state index < -0.39 is 0 Å². The number of carbonyl (C=O) groups excluding carboxylic acids is 1. The molecule has 1 amide bonds. The first-order chi connectivity index (χ1) is 10.3. The number of nitrogens with zero attached hydrogens (tertiary/aromatic N) is 2. The molecule has 4 nitrogen and oxygen atoms in total. The summed E-state index contributed by atoms with van der Waals surface area (Å²) in [5.41, 5.74) is 3.26. The highest BCUT2D eigenvalue weighted by atomic mass is 16.1. The zero-order valence-corrected chi connectivity index (χ0v) is 12.0. The Bertz CT molecular complexity index is 700. The highest BCUT2D eigenvalue weighted by molar-refractivity contribution is 5.93. The minimum absolute atomic E-state index is 0.247. The Hall–Kier alpha value is -2.54. The van der Waals surface area contributed by atoms with E-state index in [0.29, 0.717) is 12.5 Å². The van der Waals surface area contributed by atoms with E-state index in [-0.39, 0.29) is 5.91 Å². The van der Waals surface area contributed by atoms with Crippen LogP contribution in [0.2, 0.25) is 0 Å². The van der Waals surface area contributed by atoms with E-state index in [1.165, 1.54) is 18.5 Å². The summed E-state index contributed by atoms with van der Waals surface area (Å²) in [4.78, 5) is 11.3. The summed E-state index contributed by atoms with van der Waals surface area (Å²) < 4.78 is 1.90. The maximum atomic E-state index is 11.3. The van der Waals surface area contributed by atoms with Crippen LogP contribution in [-0.4, -0.2) is 15.7 Å². The standard InChI is InChI=1S/C17H17N3O/c1-2-3-17(21)18-12-13-4-8-15(9-5-13)20-11-10-16(19-20)14-6-7-14/h4-5,8-11,14H,6-7,12H2,1H3,(H,18,21). The van der Waals surface area contributed by atoms with Crippen LogP contribution in [0.15, 0.2) is 36.5 Å². The van der Waals surface area contributed by atoms with Crippen molar-refractivity contribution < 1.29 is 4.79 Å². The van der Waals surface area contributed by atoms with E-state index in [1.54, 1.807) is 6.92 Å². The molecule has 0 spiro atoms. The molecule has 1 heterocycles. The molecule has 1 aromatic heterocycles. The van der Waals surface area contributed by atoms with Crippen molar-refractivity contribution in [2.45, 2.75) is 32.2 Å². The number of benzene rings is 1. The van der Waals surface area contributed by atoms with Gasteiger partial charge in [0.15, 0.2) is 0 Å². The first-order valence-electron chi connectivity index (χ1n) is 7.12. The highest BCUT2D eigenvalue weighted by Gasteiger charge is 2.25. The van der Waals surface area contributed by atoms with Crippen molar-refractivity contribution in [3.8, 4) is 17.5 Å². The molecule has 0 bridgehead atoms. The second kappa shape index (κ2) is 5.84. The van der Waals surface area contributed by atoms with Crippen molar-refractivity contribution in [2.75, 3.05) is 0 Å². The summed E-state index contributed by atoms with van der Waals surface area (Å²) in [6.07, 6.45) is 4.52. The summed E-state index contributed by atoms with van der Waals surface area (Å²) in [5, 5.41) is 7.35. The van der Waals surface area contributed by atoms with Crippen LogP contribution >= 0.6 is 0 Å². The first kappa shape index (κ1) is 13.4. The Morgan fingerprint density at radius 1 is 1.33 bits per heavy atom. The molecule has 1 aromatic carbocycles. The van der Waals surface area contributed by atoms with E-state index in [4.69, 9.17) is 0 Å². The fourth-order valence-electron chi connectivity index (χ4n) is 2.19. The van der Waals surface area contributed by atoms with E-state index in [0.717, 1.165) is 11.3 Å². The summed E-state index contributed by atoms with van der Waals surface area (Å²) >= 11 is 0. The third-order valence-corrected chi connectivity index (χ3v) is 3.50. The van der Waals surface area contributed by atoms with E-state index in [2.05, 4.69) is 28.3 Å². The summed E-state index contributed by atoms with van der Waals surface area (Å²) in [7, 11) is 0. The van der Waals surface area contributed by atoms with Crippen LogP contribution in [0.25, 0.3) is 5.69 Å². The van der Waals surface area contributed by atoms with Crippen LogP contribution in [0.1, 0.15) is 36.9 Å². The zero-order chi connectivity index (χ0) is 14.7. The predicted molar refractivity (Wildman–Crippen MR) is 80.8 cm³/mol. The summed E-state index contributed by atoms with van der Waals surface area (Å²) in [5.74, 6) is 5.45. The lowest BCUT2D eigenvalue weighted by Gasteiger charge is -2.05. The second-order valence-electron chi connectivity index (χ2n) is 5.18. The van der Waals surface area contributed by atoms with Crippen LogP contribution in [0.3, 0.4) is 0 Å². The molecule has 21 heavy (non-hydrogen) atoms. The molecule has 2 aromatic rings. The van der Waals surface area contributed by atoms with Gasteiger partial charge in [0.2, 0.25) is 0 Å². The smallest absolute Gasteiger partial charge is 0.296 e. The first-order valence-corrected chi connectivity index (χ1v) is 7.12. The minimum atomic E-state index is -0.247. The lowest BCUT2D eigenvalue weighted by atomic mass is 10.2. The predicted octanol–water partition coefficient (Wildman–Crippen LogP) is 2.39. The number of aromatic nitrogens is 2.